The molecule has 0 saturated carbocycles. The van der Waals surface area contributed by atoms with Crippen molar-refractivity contribution in [3.05, 3.63) is 11.8 Å². The van der Waals surface area contributed by atoms with Gasteiger partial charge in [-0.3, -0.25) is 0 Å². The van der Waals surface area contributed by atoms with Gasteiger partial charge in [-0.1, -0.05) is 5.92 Å². The molecule has 4 N–H and O–H groups in total. The maximum atomic E-state index is 8.57. The zero-order valence-electron chi connectivity index (χ0n) is 6.99. The minimum absolute atomic E-state index is 0.00786. The first-order valence-corrected chi connectivity index (χ1v) is 3.71. The molecule has 0 amide bonds. The zero-order chi connectivity index (χ0) is 9.68. The van der Waals surface area contributed by atoms with Crippen molar-refractivity contribution in [1.29, 1.82) is 0 Å². The van der Waals surface area contributed by atoms with Crippen LogP contribution in [0, 0.1) is 12.3 Å². The Morgan fingerprint density at radius 3 is 3.08 bits per heavy atom. The predicted molar refractivity (Wildman–Crippen MR) is 50.0 cm³/mol. The van der Waals surface area contributed by atoms with Gasteiger partial charge >= 0.3 is 0 Å². The van der Waals surface area contributed by atoms with Gasteiger partial charge in [0.15, 0.2) is 0 Å². The summed E-state index contributed by atoms with van der Waals surface area (Å²) in [5.74, 6) is 3.04. The van der Waals surface area contributed by atoms with Crippen LogP contribution in [-0.2, 0) is 0 Å². The highest BCUT2D eigenvalue weighted by Gasteiger charge is 2.01. The fourth-order valence-corrected chi connectivity index (χ4v) is 0.810. The van der Waals surface area contributed by atoms with Crippen LogP contribution in [0.25, 0.3) is 0 Å². The molecule has 68 valence electrons. The van der Waals surface area contributed by atoms with E-state index in [4.69, 9.17) is 17.3 Å². The van der Waals surface area contributed by atoms with Gasteiger partial charge < -0.3 is 16.2 Å². The van der Waals surface area contributed by atoms with Crippen molar-refractivity contribution < 1.29 is 5.11 Å². The highest BCUT2D eigenvalue weighted by molar-refractivity contribution is 5.53. The monoisotopic (exact) mass is 178 g/mol. The minimum Gasteiger partial charge on any atom is -0.395 e. The van der Waals surface area contributed by atoms with E-state index in [0.29, 0.717) is 17.9 Å². The number of aromatic nitrogens is 2. The molecule has 1 rings (SSSR count). The van der Waals surface area contributed by atoms with Gasteiger partial charge in [-0.05, 0) is 0 Å². The van der Waals surface area contributed by atoms with Crippen molar-refractivity contribution in [1.82, 2.24) is 9.97 Å². The van der Waals surface area contributed by atoms with E-state index in [9.17, 15) is 0 Å². The summed E-state index contributed by atoms with van der Waals surface area (Å²) in [7, 11) is 0. The van der Waals surface area contributed by atoms with Crippen molar-refractivity contribution in [2.75, 3.05) is 24.2 Å². The Labute approximate surface area is 76.0 Å². The molecule has 5 heteroatoms. The number of rotatable bonds is 3. The van der Waals surface area contributed by atoms with Gasteiger partial charge in [0, 0.05) is 6.54 Å². The molecule has 0 unspecified atom stereocenters. The standard InChI is InChI=1S/C8H10N4O/c1-2-6-5-11-8(9)12-7(6)10-3-4-13/h1,5,13H,3-4H2,(H3,9,10,11,12). The lowest BCUT2D eigenvalue weighted by Crippen LogP contribution is -2.10. The molecule has 13 heavy (non-hydrogen) atoms. The molecule has 0 bridgehead atoms. The molecule has 1 aromatic rings. The first kappa shape index (κ1) is 9.29. The van der Waals surface area contributed by atoms with Gasteiger partial charge in [0.1, 0.15) is 5.82 Å². The first-order chi connectivity index (χ1) is 6.27. The lowest BCUT2D eigenvalue weighted by atomic mass is 10.3. The van der Waals surface area contributed by atoms with Crippen LogP contribution in [0.5, 0.6) is 0 Å². The third kappa shape index (κ3) is 2.32. The van der Waals surface area contributed by atoms with Crippen LogP contribution in [0.1, 0.15) is 5.56 Å². The second kappa shape index (κ2) is 4.28. The summed E-state index contributed by atoms with van der Waals surface area (Å²) in [5.41, 5.74) is 5.89. The number of hydrogen-bond donors (Lipinski definition) is 3. The lowest BCUT2D eigenvalue weighted by molar-refractivity contribution is 0.311. The molecule has 0 atom stereocenters. The lowest BCUT2D eigenvalue weighted by Gasteiger charge is -2.05. The molecule has 0 saturated heterocycles. The molecule has 5 nitrogen and oxygen atoms in total. The van der Waals surface area contributed by atoms with Crippen LogP contribution < -0.4 is 11.1 Å². The summed E-state index contributed by atoms with van der Waals surface area (Å²) in [6.07, 6.45) is 6.66. The van der Waals surface area contributed by atoms with E-state index in [0.717, 1.165) is 0 Å². The van der Waals surface area contributed by atoms with Crippen molar-refractivity contribution in [2.24, 2.45) is 0 Å². The van der Waals surface area contributed by atoms with E-state index in [1.165, 1.54) is 6.20 Å². The Morgan fingerprint density at radius 1 is 1.69 bits per heavy atom. The summed E-state index contributed by atoms with van der Waals surface area (Å²) in [6.45, 7) is 0.388. The fourth-order valence-electron chi connectivity index (χ4n) is 0.810. The number of terminal acetylenes is 1. The molecule has 0 aliphatic heterocycles. The Bertz CT molecular complexity index is 331. The van der Waals surface area contributed by atoms with Crippen molar-refractivity contribution in [2.45, 2.75) is 0 Å². The van der Waals surface area contributed by atoms with Gasteiger partial charge in [0.25, 0.3) is 0 Å². The Hall–Kier alpha value is -1.80. The Kier molecular flexibility index (Phi) is 3.06. The summed E-state index contributed by atoms with van der Waals surface area (Å²) in [6, 6.07) is 0. The van der Waals surface area contributed by atoms with E-state index < -0.39 is 0 Å². The quantitative estimate of drug-likeness (QED) is 0.540. The van der Waals surface area contributed by atoms with Crippen molar-refractivity contribution in [3.8, 4) is 12.3 Å². The molecule has 0 fully saturated rings. The van der Waals surface area contributed by atoms with E-state index in [1.54, 1.807) is 0 Å². The number of nitrogens with zero attached hydrogens (tertiary/aromatic N) is 2. The minimum atomic E-state index is 0.00786. The van der Waals surface area contributed by atoms with E-state index in [-0.39, 0.29) is 12.6 Å². The van der Waals surface area contributed by atoms with E-state index in [1.807, 2.05) is 0 Å². The highest BCUT2D eigenvalue weighted by atomic mass is 16.3. The summed E-state index contributed by atoms with van der Waals surface area (Å²) in [5, 5.41) is 11.4. The molecule has 0 spiro atoms. The van der Waals surface area contributed by atoms with Gasteiger partial charge in [0.05, 0.1) is 18.4 Å². The van der Waals surface area contributed by atoms with Gasteiger partial charge in [-0.2, -0.15) is 4.98 Å². The molecule has 0 aromatic carbocycles. The fraction of sp³-hybridized carbons (Fsp3) is 0.250. The van der Waals surface area contributed by atoms with Gasteiger partial charge in [-0.15, -0.1) is 6.42 Å². The van der Waals surface area contributed by atoms with E-state index >= 15 is 0 Å². The third-order valence-corrected chi connectivity index (χ3v) is 1.37. The average Bonchev–Trinajstić information content (AvgIpc) is 2.15. The SMILES string of the molecule is C#Cc1cnc(N)nc1NCCO. The molecular formula is C8H10N4O. The second-order valence-corrected chi connectivity index (χ2v) is 2.29. The molecule has 0 aliphatic carbocycles. The highest BCUT2D eigenvalue weighted by Crippen LogP contribution is 2.10. The summed E-state index contributed by atoms with van der Waals surface area (Å²) in [4.78, 5) is 7.62. The summed E-state index contributed by atoms with van der Waals surface area (Å²) >= 11 is 0. The Morgan fingerprint density at radius 2 is 2.46 bits per heavy atom. The van der Waals surface area contributed by atoms with Crippen molar-refractivity contribution >= 4 is 11.8 Å². The van der Waals surface area contributed by atoms with Crippen LogP contribution in [-0.4, -0.2) is 28.2 Å². The topological polar surface area (TPSA) is 84.1 Å². The van der Waals surface area contributed by atoms with Crippen LogP contribution in [0.3, 0.4) is 0 Å². The maximum Gasteiger partial charge on any atom is 0.222 e. The summed E-state index contributed by atoms with van der Waals surface area (Å²) < 4.78 is 0. The van der Waals surface area contributed by atoms with Crippen LogP contribution >= 0.6 is 0 Å². The molecular weight excluding hydrogens is 168 g/mol. The van der Waals surface area contributed by atoms with Crippen LogP contribution in [0.15, 0.2) is 6.20 Å². The van der Waals surface area contributed by atoms with Gasteiger partial charge in [0.2, 0.25) is 5.95 Å². The smallest absolute Gasteiger partial charge is 0.222 e. The molecule has 1 aromatic heterocycles. The van der Waals surface area contributed by atoms with Crippen molar-refractivity contribution in [3.63, 3.8) is 0 Å². The first-order valence-electron chi connectivity index (χ1n) is 3.71. The zero-order valence-corrected chi connectivity index (χ0v) is 6.99. The third-order valence-electron chi connectivity index (χ3n) is 1.37. The Balaban J connectivity index is 2.89. The maximum absolute atomic E-state index is 8.57. The second-order valence-electron chi connectivity index (χ2n) is 2.29. The van der Waals surface area contributed by atoms with Crippen LogP contribution in [0.2, 0.25) is 0 Å². The number of nitrogens with two attached hydrogens (primary N) is 1. The normalized spacial score (nSPS) is 9.23. The largest absolute Gasteiger partial charge is 0.395 e. The van der Waals surface area contributed by atoms with E-state index in [2.05, 4.69) is 21.2 Å². The predicted octanol–water partition coefficient (Wildman–Crippen LogP) is -0.556. The average molecular weight is 178 g/mol. The number of anilines is 2. The number of nitrogen functional groups attached to an aromatic ring is 1. The van der Waals surface area contributed by atoms with Crippen LogP contribution in [0.4, 0.5) is 11.8 Å². The number of aliphatic hydroxyl groups excluding tert-OH is 1. The van der Waals surface area contributed by atoms with Gasteiger partial charge in [-0.25, -0.2) is 4.98 Å². The molecule has 1 heterocycles. The molecule has 0 aliphatic rings. The number of hydrogen-bond acceptors (Lipinski definition) is 5. The number of aliphatic hydroxyl groups is 1. The number of nitrogens with one attached hydrogen (secondary N) is 1. The molecule has 0 radical (unpaired) electrons.